The van der Waals surface area contributed by atoms with E-state index in [0.717, 1.165) is 49.2 Å². The highest BCUT2D eigenvalue weighted by molar-refractivity contribution is 7.88. The Morgan fingerprint density at radius 1 is 1.04 bits per heavy atom. The molecule has 4 heterocycles. The first-order valence-electron chi connectivity index (χ1n) is 17.0. The van der Waals surface area contributed by atoms with E-state index in [2.05, 4.69) is 25.8 Å². The van der Waals surface area contributed by atoms with Crippen LogP contribution < -0.4 is 5.32 Å². The molecule has 2 N–H and O–H groups in total. The molecule has 2 saturated heterocycles. The fourth-order valence-corrected chi connectivity index (χ4v) is 8.71. The first-order chi connectivity index (χ1) is 24.6. The molecule has 2 aromatic heterocycles. The molecule has 3 atom stereocenters. The van der Waals surface area contributed by atoms with Crippen molar-refractivity contribution in [3.63, 3.8) is 0 Å². The number of aromatic nitrogens is 6. The molecule has 7 rings (SSSR count). The van der Waals surface area contributed by atoms with Crippen molar-refractivity contribution in [2.75, 3.05) is 38.3 Å². The van der Waals surface area contributed by atoms with Gasteiger partial charge in [0.1, 0.15) is 12.2 Å². The predicted molar refractivity (Wildman–Crippen MR) is 191 cm³/mol. The van der Waals surface area contributed by atoms with Crippen LogP contribution in [-0.4, -0.2) is 92.8 Å². The van der Waals surface area contributed by atoms with E-state index in [1.54, 1.807) is 53.0 Å². The summed E-state index contributed by atoms with van der Waals surface area (Å²) in [5, 5.41) is 14.7. The van der Waals surface area contributed by atoms with E-state index in [1.807, 2.05) is 17.0 Å². The molecule has 51 heavy (non-hydrogen) atoms. The van der Waals surface area contributed by atoms with Crippen molar-refractivity contribution in [1.82, 2.24) is 39.4 Å². The number of tetrazole rings is 1. The van der Waals surface area contributed by atoms with Crippen LogP contribution in [0.4, 0.5) is 10.5 Å². The zero-order valence-corrected chi connectivity index (χ0v) is 29.9. The molecule has 2 aromatic carbocycles. The summed E-state index contributed by atoms with van der Waals surface area (Å²) in [4.78, 5) is 36.5. The zero-order valence-electron chi connectivity index (χ0n) is 28.4. The van der Waals surface area contributed by atoms with E-state index in [-0.39, 0.29) is 23.8 Å². The van der Waals surface area contributed by atoms with Crippen LogP contribution in [0.3, 0.4) is 0 Å². The monoisotopic (exact) mass is 733 g/mol. The van der Waals surface area contributed by atoms with Gasteiger partial charge >= 0.3 is 6.09 Å². The summed E-state index contributed by atoms with van der Waals surface area (Å²) in [7, 11) is -1.94. The van der Waals surface area contributed by atoms with Crippen molar-refractivity contribution in [2.24, 2.45) is 23.7 Å². The number of carbonyl (C=O) groups excluding carboxylic acids is 2. The van der Waals surface area contributed by atoms with Crippen molar-refractivity contribution in [3.05, 3.63) is 77.5 Å². The standard InChI is InChI=1S/C35H40ClN9O5S/c1-50-35(47)39-28-9-5-24(6-10-28)30-19-37-34(40-30)33-29(23-3-4-23)18-26(22-13-15-43(16-14-22)51(2,48)49)20-44(33)32(46)12-7-25-17-27(36)8-11-31(25)45-21-38-41-42-45/h5-12,17,19,21-23,26,29,33H,3-4,13-16,18,20H2,1-2H3,(H,37,40)(H,39,47)/b12-7+. The number of hydrogen-bond donors (Lipinski definition) is 2. The number of carbonyl (C=O) groups is 2. The molecule has 1 aliphatic carbocycles. The summed E-state index contributed by atoms with van der Waals surface area (Å²) in [6.07, 6.45) is 12.0. The molecule has 2 aliphatic heterocycles. The number of hydrogen-bond acceptors (Lipinski definition) is 9. The molecule has 4 aromatic rings. The summed E-state index contributed by atoms with van der Waals surface area (Å²) < 4.78 is 32.3. The van der Waals surface area contributed by atoms with Crippen LogP contribution in [-0.2, 0) is 19.6 Å². The van der Waals surface area contributed by atoms with Gasteiger partial charge in [-0.1, -0.05) is 23.7 Å². The first-order valence-corrected chi connectivity index (χ1v) is 19.3. The quantitative estimate of drug-likeness (QED) is 0.220. The Morgan fingerprint density at radius 2 is 1.80 bits per heavy atom. The van der Waals surface area contributed by atoms with Crippen molar-refractivity contribution in [3.8, 4) is 16.9 Å². The Morgan fingerprint density at radius 3 is 2.47 bits per heavy atom. The highest BCUT2D eigenvalue weighted by atomic mass is 35.5. The van der Waals surface area contributed by atoms with Gasteiger partial charge in [-0.05, 0) is 108 Å². The molecule has 268 valence electrons. The van der Waals surface area contributed by atoms with Crippen LogP contribution in [0, 0.1) is 23.7 Å². The lowest BCUT2D eigenvalue weighted by Crippen LogP contribution is -2.50. The maximum absolute atomic E-state index is 14.5. The molecular formula is C35H40ClN9O5S. The van der Waals surface area contributed by atoms with Crippen molar-refractivity contribution < 1.29 is 22.7 Å². The minimum atomic E-state index is -3.25. The van der Waals surface area contributed by atoms with Gasteiger partial charge < -0.3 is 14.6 Å². The minimum absolute atomic E-state index is 0.150. The number of imidazole rings is 1. The Hall–Kier alpha value is -4.60. The van der Waals surface area contributed by atoms with Gasteiger partial charge in [-0.25, -0.2) is 22.5 Å². The number of nitrogens with zero attached hydrogens (tertiary/aromatic N) is 7. The van der Waals surface area contributed by atoms with Gasteiger partial charge in [0, 0.05) is 42.0 Å². The fourth-order valence-electron chi connectivity index (χ4n) is 7.65. The number of methoxy groups -OCH3 is 1. The number of anilines is 1. The normalized spacial score (nSPS) is 21.9. The minimum Gasteiger partial charge on any atom is -0.453 e. The third-order valence-corrected chi connectivity index (χ3v) is 11.9. The zero-order chi connectivity index (χ0) is 35.7. The van der Waals surface area contributed by atoms with E-state index in [1.165, 1.54) is 24.4 Å². The van der Waals surface area contributed by atoms with E-state index in [0.29, 0.717) is 53.4 Å². The Kier molecular flexibility index (Phi) is 9.94. The van der Waals surface area contributed by atoms with Gasteiger partial charge in [0.15, 0.2) is 0 Å². The third kappa shape index (κ3) is 7.85. The van der Waals surface area contributed by atoms with Crippen LogP contribution in [0.2, 0.25) is 5.02 Å². The number of likely N-dealkylation sites (tertiary alicyclic amines) is 1. The van der Waals surface area contributed by atoms with Crippen LogP contribution in [0.15, 0.2) is 61.1 Å². The molecule has 2 amide bonds. The average Bonchev–Trinajstić information content (AvgIpc) is 3.60. The summed E-state index contributed by atoms with van der Waals surface area (Å²) in [6.45, 7) is 1.52. The predicted octanol–water partition coefficient (Wildman–Crippen LogP) is 5.18. The maximum atomic E-state index is 14.5. The molecule has 16 heteroatoms. The van der Waals surface area contributed by atoms with Gasteiger partial charge in [0.2, 0.25) is 15.9 Å². The number of benzene rings is 2. The topological polar surface area (TPSA) is 168 Å². The Bertz CT molecular complexity index is 2010. The lowest BCUT2D eigenvalue weighted by Gasteiger charge is -2.47. The number of nitrogens with one attached hydrogen (secondary N) is 2. The second-order valence-corrected chi connectivity index (χ2v) is 16.0. The number of halogens is 1. The highest BCUT2D eigenvalue weighted by Gasteiger charge is 2.48. The van der Waals surface area contributed by atoms with E-state index >= 15 is 0 Å². The van der Waals surface area contributed by atoms with E-state index < -0.39 is 16.1 Å². The summed E-state index contributed by atoms with van der Waals surface area (Å²) in [5.41, 5.74) is 3.65. The summed E-state index contributed by atoms with van der Waals surface area (Å²) >= 11 is 6.37. The van der Waals surface area contributed by atoms with Crippen molar-refractivity contribution >= 4 is 45.4 Å². The second-order valence-electron chi connectivity index (χ2n) is 13.6. The smallest absolute Gasteiger partial charge is 0.411 e. The van der Waals surface area contributed by atoms with Crippen LogP contribution in [0.5, 0.6) is 0 Å². The van der Waals surface area contributed by atoms with E-state index in [9.17, 15) is 18.0 Å². The number of H-pyrrole nitrogens is 1. The van der Waals surface area contributed by atoms with Crippen LogP contribution in [0.1, 0.15) is 49.5 Å². The number of rotatable bonds is 9. The Labute approximate surface area is 301 Å². The van der Waals surface area contributed by atoms with Gasteiger partial charge in [-0.2, -0.15) is 4.68 Å². The van der Waals surface area contributed by atoms with Gasteiger partial charge in [0.05, 0.1) is 37.0 Å². The third-order valence-electron chi connectivity index (χ3n) is 10.4. The number of sulfonamides is 1. The first kappa shape index (κ1) is 34.8. The summed E-state index contributed by atoms with van der Waals surface area (Å²) in [5.74, 6) is 1.74. The molecule has 3 aliphatic rings. The number of piperidine rings is 2. The van der Waals surface area contributed by atoms with Gasteiger partial charge in [0.25, 0.3) is 0 Å². The molecule has 0 spiro atoms. The summed E-state index contributed by atoms with van der Waals surface area (Å²) in [6, 6.07) is 12.4. The molecule has 3 fully saturated rings. The number of aromatic amines is 1. The Balaban J connectivity index is 1.20. The fraction of sp³-hybridized carbons (Fsp3) is 0.429. The van der Waals surface area contributed by atoms with Crippen LogP contribution >= 0.6 is 11.6 Å². The second kappa shape index (κ2) is 14.6. The van der Waals surface area contributed by atoms with Crippen molar-refractivity contribution in [1.29, 1.82) is 0 Å². The average molecular weight is 734 g/mol. The van der Waals surface area contributed by atoms with Crippen LogP contribution in [0.25, 0.3) is 23.0 Å². The number of amides is 2. The van der Waals surface area contributed by atoms with Gasteiger partial charge in [-0.15, -0.1) is 5.10 Å². The molecule has 1 saturated carbocycles. The van der Waals surface area contributed by atoms with Gasteiger partial charge in [-0.3, -0.25) is 10.1 Å². The lowest BCUT2D eigenvalue weighted by atomic mass is 9.72. The maximum Gasteiger partial charge on any atom is 0.411 e. The SMILES string of the molecule is COC(=O)Nc1ccc(-c2cnc(C3C(C4CC4)CC(C4CCN(S(C)(=O)=O)CC4)CN3C(=O)/C=C/c3cc(Cl)ccc3-n3cnnn3)[nH]2)cc1. The molecule has 3 unspecified atom stereocenters. The lowest BCUT2D eigenvalue weighted by molar-refractivity contribution is -0.134. The van der Waals surface area contributed by atoms with Crippen molar-refractivity contribution in [2.45, 2.75) is 38.1 Å². The molecular weight excluding hydrogens is 694 g/mol. The van der Waals surface area contributed by atoms with E-state index in [4.69, 9.17) is 21.3 Å². The highest BCUT2D eigenvalue weighted by Crippen LogP contribution is 2.52. The molecule has 0 radical (unpaired) electrons. The molecule has 0 bridgehead atoms. The molecule has 14 nitrogen and oxygen atoms in total. The number of ether oxygens (including phenoxy) is 1. The largest absolute Gasteiger partial charge is 0.453 e.